The lowest BCUT2D eigenvalue weighted by molar-refractivity contribution is 0.298. The Bertz CT molecular complexity index is 1480. The van der Waals surface area contributed by atoms with E-state index >= 15 is 0 Å². The Balaban J connectivity index is 0.000000260. The van der Waals surface area contributed by atoms with Gasteiger partial charge in [0.25, 0.3) is 0 Å². The van der Waals surface area contributed by atoms with Crippen LogP contribution in [0.1, 0.15) is 94.7 Å². The van der Waals surface area contributed by atoms with Crippen molar-refractivity contribution in [1.82, 2.24) is 0 Å². The zero-order chi connectivity index (χ0) is 34.3. The molecular weight excluding hydrogens is 591 g/mol. The molecule has 0 radical (unpaired) electrons. The average Bonchev–Trinajstić information content (AvgIpc) is 2.96. The molecule has 248 valence electrons. The van der Waals surface area contributed by atoms with Crippen molar-refractivity contribution in [2.75, 3.05) is 0 Å². The Kier molecular flexibility index (Phi) is 11.9. The van der Waals surface area contributed by atoms with Gasteiger partial charge in [-0.1, -0.05) is 126 Å². The van der Waals surface area contributed by atoms with Gasteiger partial charge in [-0.05, 0) is 91.1 Å². The Morgan fingerprint density at radius 1 is 0.565 bits per heavy atom. The fraction of sp³-hybridized carbons (Fsp3) is 0.385. The summed E-state index contributed by atoms with van der Waals surface area (Å²) in [6.07, 6.45) is 1.78. The van der Waals surface area contributed by atoms with Crippen LogP contribution in [-0.2, 0) is 21.1 Å². The van der Waals surface area contributed by atoms with Crippen LogP contribution in [0.15, 0.2) is 91.0 Å². The van der Waals surface area contributed by atoms with Crippen molar-refractivity contribution in [3.8, 4) is 17.2 Å². The van der Waals surface area contributed by atoms with Gasteiger partial charge in [-0.2, -0.15) is 4.57 Å². The maximum atomic E-state index is 13.3. The van der Waals surface area contributed by atoms with Gasteiger partial charge in [-0.3, -0.25) is 0 Å². The highest BCUT2D eigenvalue weighted by Crippen LogP contribution is 2.49. The van der Waals surface area contributed by atoms with Gasteiger partial charge in [-0.15, -0.1) is 0 Å². The number of phosphoric ester groups is 1. The van der Waals surface area contributed by atoms with Crippen molar-refractivity contribution in [3.05, 3.63) is 124 Å². The third-order valence-electron chi connectivity index (χ3n) is 7.57. The molecule has 0 unspecified atom stereocenters. The van der Waals surface area contributed by atoms with E-state index in [1.807, 2.05) is 57.2 Å². The van der Waals surface area contributed by atoms with Crippen LogP contribution in [0.2, 0.25) is 0 Å². The molecule has 0 aliphatic carbocycles. The summed E-state index contributed by atoms with van der Waals surface area (Å²) in [5, 5.41) is 0. The van der Waals surface area contributed by atoms with Gasteiger partial charge >= 0.3 is 7.82 Å². The molecule has 0 aliphatic heterocycles. The van der Waals surface area contributed by atoms with Gasteiger partial charge in [0.1, 0.15) is 17.2 Å². The Morgan fingerprint density at radius 3 is 1.24 bits per heavy atom. The molecule has 0 bridgehead atoms. The molecule has 0 spiro atoms. The summed E-state index contributed by atoms with van der Waals surface area (Å²) in [5.74, 6) is 1.24. The first-order valence-corrected chi connectivity index (χ1v) is 17.4. The van der Waals surface area contributed by atoms with Crippen LogP contribution < -0.4 is 25.0 Å². The number of hydrogen-bond acceptors (Lipinski definition) is 6. The Morgan fingerprint density at radius 2 is 0.935 bits per heavy atom. The van der Waals surface area contributed by atoms with Gasteiger partial charge < -0.3 is 25.0 Å². The molecule has 0 aliphatic rings. The van der Waals surface area contributed by atoms with E-state index in [0.29, 0.717) is 17.2 Å². The summed E-state index contributed by atoms with van der Waals surface area (Å²) in [7, 11) is -3.93. The molecule has 4 rings (SSSR count). The second-order valence-corrected chi connectivity index (χ2v) is 15.7. The van der Waals surface area contributed by atoms with Crippen LogP contribution in [0.25, 0.3) is 0 Å². The Hall–Kier alpha value is -3.57. The molecule has 0 aromatic heterocycles. The van der Waals surface area contributed by atoms with Crippen LogP contribution in [0.3, 0.4) is 0 Å². The third-order valence-corrected chi connectivity index (χ3v) is 8.88. The molecule has 6 nitrogen and oxygen atoms in total. The van der Waals surface area contributed by atoms with E-state index in [9.17, 15) is 4.57 Å². The number of phosphoric acid groups is 1. The lowest BCUT2D eigenvalue weighted by atomic mass is 9.75. The van der Waals surface area contributed by atoms with Crippen molar-refractivity contribution in [1.29, 1.82) is 0 Å². The number of hydrogen-bond donors (Lipinski definition) is 2. The quantitative estimate of drug-likeness (QED) is 0.139. The highest BCUT2D eigenvalue weighted by molar-refractivity contribution is 7.49. The van der Waals surface area contributed by atoms with Crippen LogP contribution in [0, 0.1) is 20.8 Å². The number of benzene rings is 4. The van der Waals surface area contributed by atoms with Crippen LogP contribution in [0.5, 0.6) is 17.2 Å². The van der Waals surface area contributed by atoms with E-state index < -0.39 is 13.5 Å². The van der Waals surface area contributed by atoms with Gasteiger partial charge in [0.2, 0.25) is 0 Å². The molecule has 0 heterocycles. The van der Waals surface area contributed by atoms with Gasteiger partial charge in [0.15, 0.2) is 0 Å². The average molecular weight is 645 g/mol. The second-order valence-electron chi connectivity index (χ2n) is 14.2. The first-order valence-electron chi connectivity index (χ1n) is 15.9. The van der Waals surface area contributed by atoms with Crippen molar-refractivity contribution in [2.24, 2.45) is 11.5 Å². The molecule has 0 amide bonds. The van der Waals surface area contributed by atoms with Crippen LogP contribution >= 0.6 is 7.82 Å². The fourth-order valence-corrected chi connectivity index (χ4v) is 6.08. The van der Waals surface area contributed by atoms with Gasteiger partial charge in [0.05, 0.1) is 5.66 Å². The zero-order valence-corrected chi connectivity index (χ0v) is 30.2. The summed E-state index contributed by atoms with van der Waals surface area (Å²) in [6.45, 7) is 21.4. The summed E-state index contributed by atoms with van der Waals surface area (Å²) >= 11 is 0. The van der Waals surface area contributed by atoms with Crippen molar-refractivity contribution >= 4 is 7.82 Å². The standard InChI is InChI=1S/C21H21O4P.C18H32N2/c1-16-4-10-19(11-5-16)23-26(22,24-20-12-6-17(2)7-13-20)25-21-14-8-18(3)9-15-21;1-8-11-18(19,20)14-10-9-13(16(2,3)4)12-15(14)17(5,6)7/h4-15H,1-3H3;9-10,12H,8,11,19-20H2,1-7H3. The molecule has 0 saturated heterocycles. The topological polar surface area (TPSA) is 96.8 Å². The van der Waals surface area contributed by atoms with Crippen LogP contribution in [0.4, 0.5) is 0 Å². The summed E-state index contributed by atoms with van der Waals surface area (Å²) in [5.41, 5.74) is 19.1. The van der Waals surface area contributed by atoms with Crippen molar-refractivity contribution in [3.63, 3.8) is 0 Å². The summed E-state index contributed by atoms with van der Waals surface area (Å²) < 4.78 is 30.2. The number of nitrogens with two attached hydrogens (primary N) is 2. The largest absolute Gasteiger partial charge is 0.647 e. The molecule has 4 aromatic rings. The first kappa shape index (κ1) is 36.9. The molecule has 4 N–H and O–H groups in total. The minimum absolute atomic E-state index is 0.0360. The molecule has 4 aromatic carbocycles. The van der Waals surface area contributed by atoms with Gasteiger partial charge in [0, 0.05) is 0 Å². The predicted octanol–water partition coefficient (Wildman–Crippen LogP) is 10.4. The molecule has 0 saturated carbocycles. The SMILES string of the molecule is CCCC(N)(N)c1ccc(C(C)(C)C)cc1C(C)(C)C.Cc1ccc(OP(=O)(Oc2ccc(C)cc2)Oc2ccc(C)cc2)cc1. The minimum Gasteiger partial charge on any atom is -0.386 e. The first-order chi connectivity index (χ1) is 21.3. The number of aryl methyl sites for hydroxylation is 3. The maximum Gasteiger partial charge on any atom is 0.647 e. The molecule has 0 atom stereocenters. The lowest BCUT2D eigenvalue weighted by Crippen LogP contribution is -2.47. The van der Waals surface area contributed by atoms with E-state index in [-0.39, 0.29) is 10.8 Å². The van der Waals surface area contributed by atoms with Crippen molar-refractivity contribution < 1.29 is 18.1 Å². The second kappa shape index (κ2) is 14.9. The lowest BCUT2D eigenvalue weighted by Gasteiger charge is -2.34. The van der Waals surface area contributed by atoms with E-state index in [2.05, 4.69) is 66.7 Å². The molecule has 46 heavy (non-hydrogen) atoms. The Labute approximate surface area is 277 Å². The van der Waals surface area contributed by atoms with E-state index in [1.54, 1.807) is 36.4 Å². The predicted molar refractivity (Wildman–Crippen MR) is 192 cm³/mol. The van der Waals surface area contributed by atoms with E-state index in [0.717, 1.165) is 35.1 Å². The van der Waals surface area contributed by atoms with Crippen LogP contribution in [-0.4, -0.2) is 0 Å². The zero-order valence-electron chi connectivity index (χ0n) is 29.3. The molecular formula is C39H53N2O4P. The summed E-state index contributed by atoms with van der Waals surface area (Å²) in [4.78, 5) is 0. The minimum atomic E-state index is -3.93. The number of rotatable bonds is 9. The normalized spacial score (nSPS) is 12.2. The van der Waals surface area contributed by atoms with E-state index in [4.69, 9.17) is 25.0 Å². The summed E-state index contributed by atoms with van der Waals surface area (Å²) in [6, 6.07) is 28.2. The van der Waals surface area contributed by atoms with Gasteiger partial charge in [-0.25, -0.2) is 0 Å². The van der Waals surface area contributed by atoms with Crippen molar-refractivity contribution in [2.45, 2.75) is 98.6 Å². The maximum absolute atomic E-state index is 13.3. The fourth-order valence-electron chi connectivity index (χ4n) is 4.83. The highest BCUT2D eigenvalue weighted by Gasteiger charge is 2.33. The molecule has 0 fully saturated rings. The highest BCUT2D eigenvalue weighted by atomic mass is 31.2. The monoisotopic (exact) mass is 644 g/mol. The smallest absolute Gasteiger partial charge is 0.386 e. The third kappa shape index (κ3) is 10.8. The van der Waals surface area contributed by atoms with E-state index in [1.165, 1.54) is 11.1 Å². The molecule has 7 heteroatoms.